The zero-order chi connectivity index (χ0) is 14.6. The summed E-state index contributed by atoms with van der Waals surface area (Å²) in [6.45, 7) is 0.789. The monoisotopic (exact) mass is 318 g/mol. The Labute approximate surface area is 123 Å². The number of hydrogen-bond donors (Lipinski definition) is 2. The van der Waals surface area contributed by atoms with Crippen LogP contribution in [0.2, 0.25) is 0 Å². The second kappa shape index (κ2) is 6.89. The van der Waals surface area contributed by atoms with Crippen LogP contribution in [-0.4, -0.2) is 33.0 Å². The Morgan fingerprint density at radius 1 is 1.45 bits per heavy atom. The van der Waals surface area contributed by atoms with Gasteiger partial charge < -0.3 is 5.32 Å². The number of benzene rings is 1. The fraction of sp³-hybridized carbons (Fsp3) is 0.538. The third-order valence-corrected chi connectivity index (χ3v) is 6.11. The molecular weight excluding hydrogens is 299 g/mol. The summed E-state index contributed by atoms with van der Waals surface area (Å²) in [5.74, 6) is 0.539. The highest BCUT2D eigenvalue weighted by Crippen LogP contribution is 2.26. The summed E-state index contributed by atoms with van der Waals surface area (Å²) in [6.07, 6.45) is 2.15. The molecule has 0 bridgehead atoms. The summed E-state index contributed by atoms with van der Waals surface area (Å²) >= 11 is 1.78. The minimum atomic E-state index is -3.67. The zero-order valence-corrected chi connectivity index (χ0v) is 13.0. The highest BCUT2D eigenvalue weighted by molar-refractivity contribution is 8.00. The van der Waals surface area contributed by atoms with E-state index in [9.17, 15) is 12.8 Å². The Balaban J connectivity index is 2.16. The lowest BCUT2D eigenvalue weighted by Gasteiger charge is -2.14. The maximum atomic E-state index is 13.3. The quantitative estimate of drug-likeness (QED) is 0.838. The maximum Gasteiger partial charge on any atom is 0.241 e. The van der Waals surface area contributed by atoms with Crippen LogP contribution in [0.1, 0.15) is 18.4 Å². The lowest BCUT2D eigenvalue weighted by atomic mass is 10.2. The van der Waals surface area contributed by atoms with E-state index in [2.05, 4.69) is 10.0 Å². The first-order valence-electron chi connectivity index (χ1n) is 6.57. The van der Waals surface area contributed by atoms with Gasteiger partial charge in [0.2, 0.25) is 10.0 Å². The SMILES string of the molecule is CNCc1ccc(F)cc1S(=O)(=O)NCC1CCCS1. The molecule has 1 heterocycles. The van der Waals surface area contributed by atoms with Crippen LogP contribution in [0.4, 0.5) is 4.39 Å². The van der Waals surface area contributed by atoms with E-state index in [4.69, 9.17) is 0 Å². The third-order valence-electron chi connectivity index (χ3n) is 3.21. The Morgan fingerprint density at radius 3 is 2.90 bits per heavy atom. The van der Waals surface area contributed by atoms with Crippen molar-refractivity contribution in [2.24, 2.45) is 0 Å². The molecule has 1 aliphatic heterocycles. The van der Waals surface area contributed by atoms with Gasteiger partial charge in [-0.2, -0.15) is 11.8 Å². The van der Waals surface area contributed by atoms with E-state index < -0.39 is 15.8 Å². The molecule has 0 saturated carbocycles. The van der Waals surface area contributed by atoms with E-state index in [-0.39, 0.29) is 4.90 Å². The van der Waals surface area contributed by atoms with Crippen LogP contribution >= 0.6 is 11.8 Å². The molecule has 0 aromatic heterocycles. The van der Waals surface area contributed by atoms with E-state index in [1.165, 1.54) is 12.1 Å². The van der Waals surface area contributed by atoms with Crippen molar-refractivity contribution in [2.45, 2.75) is 29.5 Å². The standard InChI is InChI=1S/C13H19FN2O2S2/c1-15-8-10-4-5-11(14)7-13(10)20(17,18)16-9-12-3-2-6-19-12/h4-5,7,12,15-16H,2-3,6,8-9H2,1H3. The van der Waals surface area contributed by atoms with Crippen LogP contribution in [0, 0.1) is 5.82 Å². The molecule has 20 heavy (non-hydrogen) atoms. The van der Waals surface area contributed by atoms with Gasteiger partial charge in [0.15, 0.2) is 0 Å². The largest absolute Gasteiger partial charge is 0.316 e. The topological polar surface area (TPSA) is 58.2 Å². The van der Waals surface area contributed by atoms with Gasteiger partial charge in [0.25, 0.3) is 0 Å². The van der Waals surface area contributed by atoms with Crippen LogP contribution in [0.5, 0.6) is 0 Å². The van der Waals surface area contributed by atoms with Gasteiger partial charge in [0.05, 0.1) is 4.90 Å². The third kappa shape index (κ3) is 3.94. The van der Waals surface area contributed by atoms with Crippen molar-refractivity contribution in [1.29, 1.82) is 0 Å². The predicted octanol–water partition coefficient (Wildman–Crippen LogP) is 1.72. The Bertz CT molecular complexity index is 557. The van der Waals surface area contributed by atoms with Gasteiger partial charge >= 0.3 is 0 Å². The molecule has 1 saturated heterocycles. The molecule has 112 valence electrons. The first kappa shape index (κ1) is 15.8. The second-order valence-electron chi connectivity index (χ2n) is 4.77. The predicted molar refractivity (Wildman–Crippen MR) is 79.8 cm³/mol. The fourth-order valence-corrected chi connectivity index (χ4v) is 4.84. The van der Waals surface area contributed by atoms with Crippen molar-refractivity contribution >= 4 is 21.8 Å². The fourth-order valence-electron chi connectivity index (χ4n) is 2.20. The lowest BCUT2D eigenvalue weighted by Crippen LogP contribution is -2.31. The number of thioether (sulfide) groups is 1. The minimum absolute atomic E-state index is 0.0230. The maximum absolute atomic E-state index is 13.3. The average molecular weight is 318 g/mol. The van der Waals surface area contributed by atoms with E-state index >= 15 is 0 Å². The number of halogens is 1. The van der Waals surface area contributed by atoms with E-state index in [0.717, 1.165) is 24.7 Å². The minimum Gasteiger partial charge on any atom is -0.316 e. The van der Waals surface area contributed by atoms with Gasteiger partial charge in [0, 0.05) is 18.3 Å². The Morgan fingerprint density at radius 2 is 2.25 bits per heavy atom. The average Bonchev–Trinajstić information content (AvgIpc) is 2.92. The van der Waals surface area contributed by atoms with Crippen LogP contribution in [0.3, 0.4) is 0 Å². The van der Waals surface area contributed by atoms with Crippen molar-refractivity contribution < 1.29 is 12.8 Å². The molecule has 1 atom stereocenters. The van der Waals surface area contributed by atoms with Crippen molar-refractivity contribution in [1.82, 2.24) is 10.0 Å². The number of nitrogens with one attached hydrogen (secondary N) is 2. The zero-order valence-electron chi connectivity index (χ0n) is 11.4. The molecule has 2 rings (SSSR count). The van der Waals surface area contributed by atoms with Crippen molar-refractivity contribution in [3.05, 3.63) is 29.6 Å². The molecule has 0 aliphatic carbocycles. The summed E-state index contributed by atoms with van der Waals surface area (Å²) in [4.78, 5) is 0.0230. The van der Waals surface area contributed by atoms with Crippen molar-refractivity contribution in [3.8, 4) is 0 Å². The molecule has 1 fully saturated rings. The molecule has 1 aromatic carbocycles. The Kier molecular flexibility index (Phi) is 5.42. The van der Waals surface area contributed by atoms with Crippen molar-refractivity contribution in [3.63, 3.8) is 0 Å². The molecule has 0 amide bonds. The highest BCUT2D eigenvalue weighted by Gasteiger charge is 2.22. The van der Waals surface area contributed by atoms with Crippen LogP contribution in [0.15, 0.2) is 23.1 Å². The number of hydrogen-bond acceptors (Lipinski definition) is 4. The Hall–Kier alpha value is -0.630. The molecule has 0 radical (unpaired) electrons. The number of rotatable bonds is 6. The molecule has 1 aromatic rings. The molecule has 7 heteroatoms. The van der Waals surface area contributed by atoms with E-state index in [0.29, 0.717) is 23.9 Å². The number of sulfonamides is 1. The van der Waals surface area contributed by atoms with Gasteiger partial charge in [-0.1, -0.05) is 6.07 Å². The first-order chi connectivity index (χ1) is 9.53. The van der Waals surface area contributed by atoms with Crippen molar-refractivity contribution in [2.75, 3.05) is 19.3 Å². The second-order valence-corrected chi connectivity index (χ2v) is 7.91. The summed E-state index contributed by atoms with van der Waals surface area (Å²) in [5, 5.41) is 3.22. The molecule has 1 aliphatic rings. The summed E-state index contributed by atoms with van der Waals surface area (Å²) in [6, 6.07) is 3.86. The lowest BCUT2D eigenvalue weighted by molar-refractivity contribution is 0.572. The van der Waals surface area contributed by atoms with Gasteiger partial charge in [-0.3, -0.25) is 0 Å². The summed E-state index contributed by atoms with van der Waals surface area (Å²) in [7, 11) is -1.94. The van der Waals surface area contributed by atoms with Crippen LogP contribution in [-0.2, 0) is 16.6 Å². The van der Waals surface area contributed by atoms with Gasteiger partial charge in [-0.15, -0.1) is 0 Å². The van der Waals surface area contributed by atoms with E-state index in [1.807, 2.05) is 0 Å². The van der Waals surface area contributed by atoms with Crippen LogP contribution in [0.25, 0.3) is 0 Å². The molecular formula is C13H19FN2O2S2. The highest BCUT2D eigenvalue weighted by atomic mass is 32.2. The molecule has 0 spiro atoms. The van der Waals surface area contributed by atoms with Gasteiger partial charge in [0.1, 0.15) is 5.82 Å². The normalized spacial score (nSPS) is 19.4. The molecule has 4 nitrogen and oxygen atoms in total. The molecule has 2 N–H and O–H groups in total. The summed E-state index contributed by atoms with van der Waals surface area (Å²) in [5.41, 5.74) is 0.570. The van der Waals surface area contributed by atoms with Gasteiger partial charge in [-0.25, -0.2) is 17.5 Å². The van der Waals surface area contributed by atoms with E-state index in [1.54, 1.807) is 18.8 Å². The molecule has 1 unspecified atom stereocenters. The summed E-state index contributed by atoms with van der Waals surface area (Å²) < 4.78 is 40.6. The smallest absolute Gasteiger partial charge is 0.241 e. The van der Waals surface area contributed by atoms with Crippen LogP contribution < -0.4 is 10.0 Å². The van der Waals surface area contributed by atoms with Gasteiger partial charge in [-0.05, 0) is 43.3 Å². The first-order valence-corrected chi connectivity index (χ1v) is 9.10.